The fraction of sp³-hybridized carbons (Fsp3) is 0.458. The quantitative estimate of drug-likeness (QED) is 0.515. The van der Waals surface area contributed by atoms with Gasteiger partial charge in [0.05, 0.1) is 11.1 Å². The van der Waals surface area contributed by atoms with Crippen LogP contribution in [0.2, 0.25) is 0 Å². The molecule has 3 rings (SSSR count). The minimum absolute atomic E-state index is 0.0542. The Morgan fingerprint density at radius 3 is 1.91 bits per heavy atom. The summed E-state index contributed by atoms with van der Waals surface area (Å²) in [5, 5.41) is 9.32. The van der Waals surface area contributed by atoms with Gasteiger partial charge in [-0.1, -0.05) is 18.2 Å². The second kappa shape index (κ2) is 10.2. The van der Waals surface area contributed by atoms with Crippen molar-refractivity contribution in [3.63, 3.8) is 0 Å². The second-order valence-corrected chi connectivity index (χ2v) is 8.39. The summed E-state index contributed by atoms with van der Waals surface area (Å²) in [6.45, 7) is 0.00176. The Hall–Kier alpha value is -2.55. The molecule has 0 aliphatic heterocycles. The van der Waals surface area contributed by atoms with E-state index in [0.717, 1.165) is 0 Å². The number of hydrogen-bond acceptors (Lipinski definition) is 2. The summed E-state index contributed by atoms with van der Waals surface area (Å²) in [6.07, 6.45) is -7.47. The van der Waals surface area contributed by atoms with Gasteiger partial charge in [0, 0.05) is 24.8 Å². The van der Waals surface area contributed by atoms with Crippen LogP contribution in [0.4, 0.5) is 32.0 Å². The number of aliphatic hydroxyl groups is 1. The normalized spacial score (nSPS) is 19.4. The van der Waals surface area contributed by atoms with Crippen molar-refractivity contribution in [3.05, 3.63) is 65.2 Å². The predicted molar refractivity (Wildman–Crippen MR) is 111 cm³/mol. The molecule has 0 radical (unpaired) electrons. The molecule has 1 saturated carbocycles. The predicted octanol–water partition coefficient (Wildman–Crippen LogP) is 6.10. The van der Waals surface area contributed by atoms with Gasteiger partial charge in [-0.2, -0.15) is 26.3 Å². The maximum absolute atomic E-state index is 13.3. The van der Waals surface area contributed by atoms with Crippen LogP contribution in [-0.4, -0.2) is 24.2 Å². The van der Waals surface area contributed by atoms with Crippen LogP contribution < -0.4 is 4.90 Å². The summed E-state index contributed by atoms with van der Waals surface area (Å²) in [7, 11) is 0. The molecule has 0 atom stereocenters. The van der Waals surface area contributed by atoms with Crippen molar-refractivity contribution in [2.75, 3.05) is 18.1 Å². The number of carbonyl (C=O) groups is 1. The lowest BCUT2D eigenvalue weighted by molar-refractivity contribution is -0.143. The van der Waals surface area contributed by atoms with Gasteiger partial charge >= 0.3 is 12.4 Å². The van der Waals surface area contributed by atoms with Crippen molar-refractivity contribution in [1.29, 1.82) is 0 Å². The molecule has 33 heavy (non-hydrogen) atoms. The molecule has 180 valence electrons. The second-order valence-electron chi connectivity index (χ2n) is 8.39. The Balaban J connectivity index is 1.85. The average Bonchev–Trinajstić information content (AvgIpc) is 2.78. The number of para-hydroxylation sites is 1. The number of rotatable bonds is 6. The van der Waals surface area contributed by atoms with E-state index >= 15 is 0 Å². The van der Waals surface area contributed by atoms with E-state index in [1.54, 1.807) is 30.3 Å². The number of nitrogens with zero attached hydrogens (tertiary/aromatic N) is 1. The largest absolute Gasteiger partial charge is 0.416 e. The molecule has 1 N–H and O–H groups in total. The van der Waals surface area contributed by atoms with Gasteiger partial charge in [0.15, 0.2) is 0 Å². The Bertz CT molecular complexity index is 902. The summed E-state index contributed by atoms with van der Waals surface area (Å²) in [5.41, 5.74) is -2.34. The van der Waals surface area contributed by atoms with Crippen molar-refractivity contribution >= 4 is 11.6 Å². The van der Waals surface area contributed by atoms with Gasteiger partial charge in [-0.3, -0.25) is 4.79 Å². The van der Waals surface area contributed by atoms with Crippen molar-refractivity contribution in [3.8, 4) is 0 Å². The van der Waals surface area contributed by atoms with Gasteiger partial charge < -0.3 is 10.0 Å². The Morgan fingerprint density at radius 2 is 1.42 bits per heavy atom. The van der Waals surface area contributed by atoms with Gasteiger partial charge in [-0.25, -0.2) is 0 Å². The third-order valence-corrected chi connectivity index (χ3v) is 6.06. The van der Waals surface area contributed by atoms with Crippen molar-refractivity contribution in [2.45, 2.75) is 44.5 Å². The lowest BCUT2D eigenvalue weighted by Gasteiger charge is -2.32. The van der Waals surface area contributed by atoms with E-state index in [0.29, 0.717) is 43.5 Å². The Morgan fingerprint density at radius 1 is 0.879 bits per heavy atom. The highest BCUT2D eigenvalue weighted by atomic mass is 19.4. The van der Waals surface area contributed by atoms with Crippen LogP contribution in [0, 0.1) is 11.8 Å². The smallest absolute Gasteiger partial charge is 0.396 e. The van der Waals surface area contributed by atoms with E-state index in [4.69, 9.17) is 0 Å². The molecule has 1 aliphatic carbocycles. The number of anilines is 1. The first-order valence-corrected chi connectivity index (χ1v) is 10.7. The highest BCUT2D eigenvalue weighted by molar-refractivity contribution is 5.95. The van der Waals surface area contributed by atoms with Gasteiger partial charge in [0.1, 0.15) is 0 Å². The molecule has 0 heterocycles. The van der Waals surface area contributed by atoms with Crippen molar-refractivity contribution < 1.29 is 36.2 Å². The fourth-order valence-corrected chi connectivity index (χ4v) is 4.19. The molecule has 2 aromatic rings. The van der Waals surface area contributed by atoms with Crippen LogP contribution in [0.1, 0.15) is 42.4 Å². The van der Waals surface area contributed by atoms with E-state index in [-0.39, 0.29) is 48.9 Å². The number of amides is 1. The minimum atomic E-state index is -4.92. The molecule has 0 aromatic heterocycles. The van der Waals surface area contributed by atoms with E-state index in [2.05, 4.69) is 0 Å². The molecule has 1 amide bonds. The number of aliphatic hydroxyl groups excluding tert-OH is 1. The number of alkyl halides is 6. The van der Waals surface area contributed by atoms with E-state index in [9.17, 15) is 36.2 Å². The molecule has 2 aromatic carbocycles. The molecule has 3 nitrogen and oxygen atoms in total. The summed E-state index contributed by atoms with van der Waals surface area (Å²) < 4.78 is 79.1. The monoisotopic (exact) mass is 473 g/mol. The lowest BCUT2D eigenvalue weighted by Crippen LogP contribution is -2.39. The first kappa shape index (κ1) is 25.1. The molecular formula is C24H25F6NO2. The highest BCUT2D eigenvalue weighted by Crippen LogP contribution is 2.37. The van der Waals surface area contributed by atoms with Crippen LogP contribution in [0.3, 0.4) is 0 Å². The lowest BCUT2D eigenvalue weighted by atomic mass is 9.81. The zero-order chi connectivity index (χ0) is 24.2. The minimum Gasteiger partial charge on any atom is -0.396 e. The van der Waals surface area contributed by atoms with Gasteiger partial charge in [0.25, 0.3) is 0 Å². The van der Waals surface area contributed by atoms with Crippen LogP contribution in [0.25, 0.3) is 0 Å². The summed E-state index contributed by atoms with van der Waals surface area (Å²) in [4.78, 5) is 14.7. The first-order valence-electron chi connectivity index (χ1n) is 10.7. The fourth-order valence-electron chi connectivity index (χ4n) is 4.19. The maximum Gasteiger partial charge on any atom is 0.416 e. The first-order chi connectivity index (χ1) is 15.5. The van der Waals surface area contributed by atoms with E-state index in [1.807, 2.05) is 0 Å². The number of halogens is 6. The van der Waals surface area contributed by atoms with E-state index < -0.39 is 23.5 Å². The van der Waals surface area contributed by atoms with Gasteiger partial charge in [0.2, 0.25) is 5.91 Å². The Kier molecular flexibility index (Phi) is 7.72. The van der Waals surface area contributed by atoms with Crippen LogP contribution in [0.5, 0.6) is 0 Å². The van der Waals surface area contributed by atoms with Crippen LogP contribution >= 0.6 is 0 Å². The third kappa shape index (κ3) is 6.50. The average molecular weight is 473 g/mol. The summed E-state index contributed by atoms with van der Waals surface area (Å²) >= 11 is 0. The van der Waals surface area contributed by atoms with Crippen LogP contribution in [-0.2, 0) is 23.6 Å². The molecule has 1 aliphatic rings. The van der Waals surface area contributed by atoms with Crippen LogP contribution in [0.15, 0.2) is 48.5 Å². The highest BCUT2D eigenvalue weighted by Gasteiger charge is 2.37. The molecule has 0 spiro atoms. The standard InChI is InChI=1S/C24H25F6NO2/c25-23(26,27)19-12-17(13-20(14-19)24(28,29)30)10-11-31(21-4-2-1-3-5-21)22(33)18-8-6-16(15-32)7-9-18/h1-5,12-14,16,18,32H,6-11,15H2. The summed E-state index contributed by atoms with van der Waals surface area (Å²) in [5.74, 6) is -0.369. The zero-order valence-electron chi connectivity index (χ0n) is 17.8. The molecule has 0 saturated heterocycles. The number of hydrogen-bond donors (Lipinski definition) is 1. The number of benzene rings is 2. The topological polar surface area (TPSA) is 40.5 Å². The molecular weight excluding hydrogens is 448 g/mol. The molecule has 0 bridgehead atoms. The number of carbonyl (C=O) groups excluding carboxylic acids is 1. The molecule has 1 fully saturated rings. The third-order valence-electron chi connectivity index (χ3n) is 6.06. The van der Waals surface area contributed by atoms with Gasteiger partial charge in [-0.05, 0) is 73.9 Å². The molecule has 9 heteroatoms. The molecule has 0 unspecified atom stereocenters. The van der Waals surface area contributed by atoms with Gasteiger partial charge in [-0.15, -0.1) is 0 Å². The van der Waals surface area contributed by atoms with Crippen molar-refractivity contribution in [1.82, 2.24) is 0 Å². The van der Waals surface area contributed by atoms with Crippen molar-refractivity contribution in [2.24, 2.45) is 11.8 Å². The zero-order valence-corrected chi connectivity index (χ0v) is 17.8. The maximum atomic E-state index is 13.3. The Labute approximate surface area is 188 Å². The van der Waals surface area contributed by atoms with E-state index in [1.165, 1.54) is 4.90 Å². The summed E-state index contributed by atoms with van der Waals surface area (Å²) in [6, 6.07) is 10.1. The SMILES string of the molecule is O=C(C1CCC(CO)CC1)N(CCc1cc(C(F)(F)F)cc(C(F)(F)F)c1)c1ccccc1.